The van der Waals surface area contributed by atoms with E-state index in [0.29, 0.717) is 13.2 Å². The molecular formula is C16H37NO2Si. The van der Waals surface area contributed by atoms with Crippen LogP contribution >= 0.6 is 0 Å². The van der Waals surface area contributed by atoms with Crippen LogP contribution in [0.25, 0.3) is 0 Å². The van der Waals surface area contributed by atoms with Crippen molar-refractivity contribution in [2.24, 2.45) is 5.73 Å². The molecule has 1 unspecified atom stereocenters. The van der Waals surface area contributed by atoms with Gasteiger partial charge in [-0.3, -0.25) is 0 Å². The highest BCUT2D eigenvalue weighted by Crippen LogP contribution is 2.09. The van der Waals surface area contributed by atoms with Crippen LogP contribution in [0.3, 0.4) is 0 Å². The molecule has 0 bridgehead atoms. The Morgan fingerprint density at radius 2 is 1.45 bits per heavy atom. The number of rotatable bonds is 14. The molecule has 1 atom stereocenters. The van der Waals surface area contributed by atoms with Crippen molar-refractivity contribution in [2.45, 2.75) is 84.0 Å². The van der Waals surface area contributed by atoms with E-state index in [9.17, 15) is 0 Å². The largest absolute Gasteiger partial charge is 0.411 e. The maximum atomic E-state index is 5.96. The Balaban J connectivity index is 3.33. The Kier molecular flexibility index (Phi) is 12.9. The van der Waals surface area contributed by atoms with E-state index in [1.165, 1.54) is 44.9 Å². The summed E-state index contributed by atoms with van der Waals surface area (Å²) < 4.78 is 11.7. The van der Waals surface area contributed by atoms with E-state index >= 15 is 0 Å². The third-order valence-electron chi connectivity index (χ3n) is 3.23. The van der Waals surface area contributed by atoms with E-state index in [1.54, 1.807) is 0 Å². The van der Waals surface area contributed by atoms with E-state index in [1.807, 2.05) is 0 Å². The van der Waals surface area contributed by atoms with Gasteiger partial charge in [0.2, 0.25) is 0 Å². The predicted molar refractivity (Wildman–Crippen MR) is 90.7 cm³/mol. The van der Waals surface area contributed by atoms with Gasteiger partial charge < -0.3 is 14.9 Å². The highest BCUT2D eigenvalue weighted by molar-refractivity contribution is 6.69. The van der Waals surface area contributed by atoms with Crippen LogP contribution in [0, 0.1) is 0 Å². The predicted octanol–water partition coefficient (Wildman–Crippen LogP) is 4.32. The maximum Gasteiger partial charge on any atom is 0.184 e. The SMILES string of the molecule is CCCCCCCCCCOCC(CN)O[Si](C)(C)C. The van der Waals surface area contributed by atoms with Crippen LogP contribution < -0.4 is 5.73 Å². The lowest BCUT2D eigenvalue weighted by atomic mass is 10.1. The van der Waals surface area contributed by atoms with Gasteiger partial charge in [0.25, 0.3) is 0 Å². The fourth-order valence-corrected chi connectivity index (χ4v) is 3.37. The van der Waals surface area contributed by atoms with Crippen LogP contribution in [0.15, 0.2) is 0 Å². The molecule has 0 spiro atoms. The molecular weight excluding hydrogens is 266 g/mol. The summed E-state index contributed by atoms with van der Waals surface area (Å²) >= 11 is 0. The van der Waals surface area contributed by atoms with Gasteiger partial charge in [-0.2, -0.15) is 0 Å². The van der Waals surface area contributed by atoms with Gasteiger partial charge in [0.15, 0.2) is 8.32 Å². The summed E-state index contributed by atoms with van der Waals surface area (Å²) in [6.07, 6.45) is 10.8. The fourth-order valence-electron chi connectivity index (χ4n) is 2.20. The highest BCUT2D eigenvalue weighted by atomic mass is 28.4. The molecule has 0 aliphatic carbocycles. The second-order valence-corrected chi connectivity index (χ2v) is 11.1. The van der Waals surface area contributed by atoms with Gasteiger partial charge in [0.1, 0.15) is 0 Å². The van der Waals surface area contributed by atoms with Crippen molar-refractivity contribution in [1.82, 2.24) is 0 Å². The zero-order valence-electron chi connectivity index (χ0n) is 14.2. The van der Waals surface area contributed by atoms with Gasteiger partial charge >= 0.3 is 0 Å². The molecule has 0 aliphatic heterocycles. The summed E-state index contributed by atoms with van der Waals surface area (Å²) in [5.41, 5.74) is 5.72. The Morgan fingerprint density at radius 1 is 0.900 bits per heavy atom. The van der Waals surface area contributed by atoms with Gasteiger partial charge in [-0.1, -0.05) is 51.9 Å². The van der Waals surface area contributed by atoms with E-state index in [2.05, 4.69) is 26.6 Å². The minimum atomic E-state index is -1.50. The highest BCUT2D eigenvalue weighted by Gasteiger charge is 2.20. The van der Waals surface area contributed by atoms with Gasteiger partial charge in [-0.15, -0.1) is 0 Å². The maximum absolute atomic E-state index is 5.96. The standard InChI is InChI=1S/C16H37NO2Si/c1-5-6-7-8-9-10-11-12-13-18-15-16(14-17)19-20(2,3)4/h16H,5-15,17H2,1-4H3. The van der Waals surface area contributed by atoms with Crippen LogP contribution in [-0.2, 0) is 9.16 Å². The number of hydrogen-bond acceptors (Lipinski definition) is 3. The molecule has 0 aromatic rings. The molecule has 0 rings (SSSR count). The smallest absolute Gasteiger partial charge is 0.184 e. The van der Waals surface area contributed by atoms with Gasteiger partial charge in [-0.25, -0.2) is 0 Å². The van der Waals surface area contributed by atoms with E-state index in [-0.39, 0.29) is 6.10 Å². The summed E-state index contributed by atoms with van der Waals surface area (Å²) in [6.45, 7) is 10.9. The average molecular weight is 304 g/mol. The lowest BCUT2D eigenvalue weighted by Crippen LogP contribution is -2.39. The lowest BCUT2D eigenvalue weighted by molar-refractivity contribution is 0.0485. The Morgan fingerprint density at radius 3 is 1.95 bits per heavy atom. The number of unbranched alkanes of at least 4 members (excludes halogenated alkanes) is 7. The summed E-state index contributed by atoms with van der Waals surface area (Å²) in [5.74, 6) is 0. The summed E-state index contributed by atoms with van der Waals surface area (Å²) in [5, 5.41) is 0. The molecule has 20 heavy (non-hydrogen) atoms. The molecule has 0 heterocycles. The lowest BCUT2D eigenvalue weighted by Gasteiger charge is -2.25. The van der Waals surface area contributed by atoms with Crippen LogP contribution in [-0.4, -0.2) is 34.2 Å². The summed E-state index contributed by atoms with van der Waals surface area (Å²) in [7, 11) is -1.50. The first-order valence-electron chi connectivity index (χ1n) is 8.45. The molecule has 0 aromatic carbocycles. The van der Waals surface area contributed by atoms with Gasteiger partial charge in [-0.05, 0) is 26.1 Å². The van der Waals surface area contributed by atoms with E-state index in [4.69, 9.17) is 14.9 Å². The fraction of sp³-hybridized carbons (Fsp3) is 1.00. The van der Waals surface area contributed by atoms with Crippen LogP contribution in [0.4, 0.5) is 0 Å². The summed E-state index contributed by atoms with van der Waals surface area (Å²) in [4.78, 5) is 0. The number of nitrogens with two attached hydrogens (primary N) is 1. The topological polar surface area (TPSA) is 44.5 Å². The van der Waals surface area contributed by atoms with E-state index in [0.717, 1.165) is 13.0 Å². The normalized spacial score (nSPS) is 13.7. The Labute approximate surface area is 127 Å². The first-order valence-corrected chi connectivity index (χ1v) is 11.9. The van der Waals surface area contributed by atoms with Crippen LogP contribution in [0.5, 0.6) is 0 Å². The zero-order chi connectivity index (χ0) is 15.3. The second kappa shape index (κ2) is 12.8. The monoisotopic (exact) mass is 303 g/mol. The Hall–Kier alpha value is 0.0969. The molecule has 0 saturated carbocycles. The molecule has 122 valence electrons. The first kappa shape index (κ1) is 20.1. The number of ether oxygens (including phenoxy) is 1. The third kappa shape index (κ3) is 14.5. The first-order chi connectivity index (χ1) is 9.49. The quantitative estimate of drug-likeness (QED) is 0.384. The number of hydrogen-bond donors (Lipinski definition) is 1. The molecule has 0 saturated heterocycles. The van der Waals surface area contributed by atoms with Crippen molar-refractivity contribution in [3.05, 3.63) is 0 Å². The van der Waals surface area contributed by atoms with Crippen molar-refractivity contribution in [2.75, 3.05) is 19.8 Å². The second-order valence-electron chi connectivity index (χ2n) is 6.64. The summed E-state index contributed by atoms with van der Waals surface area (Å²) in [6, 6.07) is 0. The van der Waals surface area contributed by atoms with Crippen LogP contribution in [0.1, 0.15) is 58.3 Å². The molecule has 3 nitrogen and oxygen atoms in total. The van der Waals surface area contributed by atoms with Gasteiger partial charge in [0.05, 0.1) is 12.7 Å². The Bertz CT molecular complexity index is 207. The molecule has 0 amide bonds. The molecule has 0 radical (unpaired) electrons. The van der Waals surface area contributed by atoms with Crippen molar-refractivity contribution < 1.29 is 9.16 Å². The van der Waals surface area contributed by atoms with Crippen molar-refractivity contribution in [3.8, 4) is 0 Å². The molecule has 0 fully saturated rings. The molecule has 4 heteroatoms. The van der Waals surface area contributed by atoms with E-state index < -0.39 is 8.32 Å². The molecule has 0 aliphatic rings. The molecule has 2 N–H and O–H groups in total. The average Bonchev–Trinajstić information content (AvgIpc) is 2.38. The van der Waals surface area contributed by atoms with Crippen molar-refractivity contribution >= 4 is 8.32 Å². The van der Waals surface area contributed by atoms with Crippen molar-refractivity contribution in [1.29, 1.82) is 0 Å². The zero-order valence-corrected chi connectivity index (χ0v) is 15.2. The minimum Gasteiger partial charge on any atom is -0.411 e. The minimum absolute atomic E-state index is 0.0794. The van der Waals surface area contributed by atoms with Gasteiger partial charge in [0, 0.05) is 13.2 Å². The van der Waals surface area contributed by atoms with Crippen molar-refractivity contribution in [3.63, 3.8) is 0 Å². The third-order valence-corrected chi connectivity index (χ3v) is 4.27. The molecule has 0 aromatic heterocycles. The van der Waals surface area contributed by atoms with Crippen LogP contribution in [0.2, 0.25) is 19.6 Å².